The zero-order valence-corrected chi connectivity index (χ0v) is 12.7. The Morgan fingerprint density at radius 1 is 1.30 bits per heavy atom. The highest BCUT2D eigenvalue weighted by Gasteiger charge is 2.04. The van der Waals surface area contributed by atoms with Crippen LogP contribution in [0.5, 0.6) is 5.75 Å². The molecular formula is C15H18N2O2S. The second-order valence-electron chi connectivity index (χ2n) is 4.71. The van der Waals surface area contributed by atoms with E-state index < -0.39 is 0 Å². The number of benzene rings is 1. The van der Waals surface area contributed by atoms with Crippen molar-refractivity contribution >= 4 is 12.2 Å². The minimum absolute atomic E-state index is 0.144. The van der Waals surface area contributed by atoms with Gasteiger partial charge in [-0.2, -0.15) is 0 Å². The first-order chi connectivity index (χ1) is 9.58. The van der Waals surface area contributed by atoms with Gasteiger partial charge in [-0.05, 0) is 32.0 Å². The number of aromatic nitrogens is 2. The minimum atomic E-state index is 0.144. The van der Waals surface area contributed by atoms with Gasteiger partial charge in [-0.15, -0.1) is 0 Å². The van der Waals surface area contributed by atoms with Crippen molar-refractivity contribution in [3.05, 3.63) is 40.8 Å². The summed E-state index contributed by atoms with van der Waals surface area (Å²) in [5.74, 6) is 1.55. The summed E-state index contributed by atoms with van der Waals surface area (Å²) in [4.78, 5) is 7.45. The molecule has 1 aromatic carbocycles. The number of hydrogen-bond donors (Lipinski definition) is 1. The molecule has 1 heterocycles. The molecule has 0 saturated carbocycles. The summed E-state index contributed by atoms with van der Waals surface area (Å²) in [6.45, 7) is 4.41. The van der Waals surface area contributed by atoms with Crippen molar-refractivity contribution in [2.75, 3.05) is 7.11 Å². The first-order valence-corrected chi connectivity index (χ1v) is 6.85. The van der Waals surface area contributed by atoms with Crippen LogP contribution in [0, 0.1) is 4.64 Å². The first kappa shape index (κ1) is 14.7. The van der Waals surface area contributed by atoms with Gasteiger partial charge in [-0.3, -0.25) is 0 Å². The maximum atomic E-state index is 5.70. The Balaban J connectivity index is 2.38. The van der Waals surface area contributed by atoms with E-state index in [1.165, 1.54) is 0 Å². The zero-order valence-electron chi connectivity index (χ0n) is 11.8. The van der Waals surface area contributed by atoms with Crippen molar-refractivity contribution in [3.8, 4) is 17.0 Å². The lowest BCUT2D eigenvalue weighted by atomic mass is 10.1. The summed E-state index contributed by atoms with van der Waals surface area (Å²) in [7, 11) is 1.63. The van der Waals surface area contributed by atoms with E-state index in [-0.39, 0.29) is 6.10 Å². The number of H-pyrrole nitrogens is 1. The van der Waals surface area contributed by atoms with Gasteiger partial charge in [-0.1, -0.05) is 24.4 Å². The number of hydrogen-bond acceptors (Lipinski definition) is 4. The molecule has 106 valence electrons. The third-order valence-corrected chi connectivity index (χ3v) is 2.80. The fourth-order valence-corrected chi connectivity index (χ4v) is 2.11. The standard InChI is InChI=1S/C15H18N2O2S/c1-10(2)19-12-6-4-5-11(7-12)13-8-15(20)17-14(16-13)9-18-3/h4-8,10H,9H2,1-3H3,(H,16,17,20). The predicted octanol–water partition coefficient (Wildman–Crippen LogP) is 3.74. The number of ether oxygens (including phenoxy) is 2. The van der Waals surface area contributed by atoms with Gasteiger partial charge in [0.25, 0.3) is 0 Å². The Bertz CT molecular complexity index is 638. The van der Waals surface area contributed by atoms with Gasteiger partial charge in [-0.25, -0.2) is 4.98 Å². The minimum Gasteiger partial charge on any atom is -0.491 e. The van der Waals surface area contributed by atoms with Gasteiger partial charge in [0.1, 0.15) is 22.8 Å². The van der Waals surface area contributed by atoms with Crippen LogP contribution in [0.3, 0.4) is 0 Å². The summed E-state index contributed by atoms with van der Waals surface area (Å²) in [6, 6.07) is 9.72. The molecule has 0 bridgehead atoms. The number of nitrogens with zero attached hydrogens (tertiary/aromatic N) is 1. The first-order valence-electron chi connectivity index (χ1n) is 6.45. The Labute approximate surface area is 123 Å². The van der Waals surface area contributed by atoms with Crippen LogP contribution >= 0.6 is 12.2 Å². The molecule has 0 atom stereocenters. The van der Waals surface area contributed by atoms with Gasteiger partial charge in [0.2, 0.25) is 0 Å². The summed E-state index contributed by atoms with van der Waals surface area (Å²) in [5, 5.41) is 0. The fourth-order valence-electron chi connectivity index (χ4n) is 1.88. The van der Waals surface area contributed by atoms with Crippen LogP contribution < -0.4 is 4.74 Å². The molecule has 0 radical (unpaired) electrons. The number of nitrogens with one attached hydrogen (secondary N) is 1. The van der Waals surface area contributed by atoms with Crippen molar-refractivity contribution in [2.45, 2.75) is 26.6 Å². The predicted molar refractivity (Wildman–Crippen MR) is 81.3 cm³/mol. The molecule has 1 aromatic heterocycles. The molecular weight excluding hydrogens is 272 g/mol. The molecule has 4 nitrogen and oxygen atoms in total. The Morgan fingerprint density at radius 2 is 2.10 bits per heavy atom. The van der Waals surface area contributed by atoms with E-state index >= 15 is 0 Å². The average Bonchev–Trinajstić information content (AvgIpc) is 2.38. The lowest BCUT2D eigenvalue weighted by molar-refractivity contribution is 0.177. The Morgan fingerprint density at radius 3 is 2.80 bits per heavy atom. The van der Waals surface area contributed by atoms with E-state index in [1.807, 2.05) is 44.2 Å². The average molecular weight is 290 g/mol. The van der Waals surface area contributed by atoms with Crippen LogP contribution in [0.15, 0.2) is 30.3 Å². The number of methoxy groups -OCH3 is 1. The van der Waals surface area contributed by atoms with Crippen molar-refractivity contribution in [1.29, 1.82) is 0 Å². The zero-order chi connectivity index (χ0) is 14.5. The lowest BCUT2D eigenvalue weighted by Crippen LogP contribution is -2.05. The number of rotatable bonds is 5. The molecule has 0 unspecified atom stereocenters. The highest BCUT2D eigenvalue weighted by molar-refractivity contribution is 7.71. The molecule has 0 aliphatic heterocycles. The summed E-state index contributed by atoms with van der Waals surface area (Å²) < 4.78 is 11.3. The molecule has 1 N–H and O–H groups in total. The van der Waals surface area contributed by atoms with Crippen LogP contribution in [-0.4, -0.2) is 23.2 Å². The van der Waals surface area contributed by atoms with E-state index in [1.54, 1.807) is 7.11 Å². The SMILES string of the molecule is COCc1nc(=S)cc(-c2cccc(OC(C)C)c2)[nH]1. The lowest BCUT2D eigenvalue weighted by Gasteiger charge is -2.11. The molecule has 2 rings (SSSR count). The second-order valence-corrected chi connectivity index (χ2v) is 5.13. The molecule has 5 heteroatoms. The van der Waals surface area contributed by atoms with Crippen LogP contribution in [0.4, 0.5) is 0 Å². The van der Waals surface area contributed by atoms with Crippen LogP contribution in [0.25, 0.3) is 11.3 Å². The molecule has 0 fully saturated rings. The number of aromatic amines is 1. The quantitative estimate of drug-likeness (QED) is 0.852. The smallest absolute Gasteiger partial charge is 0.134 e. The van der Waals surface area contributed by atoms with Gasteiger partial charge in [0.15, 0.2) is 0 Å². The molecule has 0 aliphatic carbocycles. The molecule has 0 amide bonds. The van der Waals surface area contributed by atoms with Crippen molar-refractivity contribution in [1.82, 2.24) is 9.97 Å². The summed E-state index contributed by atoms with van der Waals surface area (Å²) in [5.41, 5.74) is 1.92. The largest absolute Gasteiger partial charge is 0.491 e. The van der Waals surface area contributed by atoms with Crippen molar-refractivity contribution in [3.63, 3.8) is 0 Å². The third-order valence-electron chi connectivity index (χ3n) is 2.59. The highest BCUT2D eigenvalue weighted by atomic mass is 32.1. The van der Waals surface area contributed by atoms with Gasteiger partial charge in [0, 0.05) is 18.4 Å². The topological polar surface area (TPSA) is 47.1 Å². The van der Waals surface area contributed by atoms with Crippen molar-refractivity contribution in [2.24, 2.45) is 0 Å². The van der Waals surface area contributed by atoms with E-state index in [4.69, 9.17) is 21.7 Å². The van der Waals surface area contributed by atoms with Gasteiger partial charge < -0.3 is 14.5 Å². The summed E-state index contributed by atoms with van der Waals surface area (Å²) in [6.07, 6.45) is 0.144. The Hall–Kier alpha value is -1.72. The Kier molecular flexibility index (Phi) is 4.87. The second kappa shape index (κ2) is 6.63. The van der Waals surface area contributed by atoms with E-state index in [0.717, 1.165) is 17.0 Å². The molecule has 0 aliphatic rings. The molecule has 0 saturated heterocycles. The van der Waals surface area contributed by atoms with Crippen LogP contribution in [0.2, 0.25) is 0 Å². The van der Waals surface area contributed by atoms with Crippen molar-refractivity contribution < 1.29 is 9.47 Å². The fraction of sp³-hybridized carbons (Fsp3) is 0.333. The van der Waals surface area contributed by atoms with Gasteiger partial charge in [0.05, 0.1) is 6.10 Å². The van der Waals surface area contributed by atoms with Crippen LogP contribution in [0.1, 0.15) is 19.7 Å². The van der Waals surface area contributed by atoms with E-state index in [9.17, 15) is 0 Å². The maximum absolute atomic E-state index is 5.70. The molecule has 0 spiro atoms. The molecule has 2 aromatic rings. The van der Waals surface area contributed by atoms with E-state index in [2.05, 4.69) is 9.97 Å². The monoisotopic (exact) mass is 290 g/mol. The maximum Gasteiger partial charge on any atom is 0.134 e. The van der Waals surface area contributed by atoms with Gasteiger partial charge >= 0.3 is 0 Å². The third kappa shape index (κ3) is 3.88. The molecule has 20 heavy (non-hydrogen) atoms. The van der Waals surface area contributed by atoms with Crippen LogP contribution in [-0.2, 0) is 11.3 Å². The van der Waals surface area contributed by atoms with E-state index in [0.29, 0.717) is 17.1 Å². The summed E-state index contributed by atoms with van der Waals surface area (Å²) >= 11 is 5.19. The highest BCUT2D eigenvalue weighted by Crippen LogP contribution is 2.23. The normalized spacial score (nSPS) is 10.8.